The number of rotatable bonds is 9. The van der Waals surface area contributed by atoms with E-state index in [1.807, 2.05) is 19.1 Å². The normalized spacial score (nSPS) is 10.4. The molecule has 0 unspecified atom stereocenters. The summed E-state index contributed by atoms with van der Waals surface area (Å²) < 4.78 is 11.5. The summed E-state index contributed by atoms with van der Waals surface area (Å²) in [6, 6.07) is 13.5. The van der Waals surface area contributed by atoms with Crippen LogP contribution in [0.25, 0.3) is 0 Å². The van der Waals surface area contributed by atoms with E-state index in [1.165, 1.54) is 11.9 Å². The lowest BCUT2D eigenvalue weighted by molar-refractivity contribution is -0.116. The summed E-state index contributed by atoms with van der Waals surface area (Å²) in [6.07, 6.45) is 3.41. The van der Waals surface area contributed by atoms with E-state index >= 15 is 0 Å². The van der Waals surface area contributed by atoms with Gasteiger partial charge in [-0.25, -0.2) is 0 Å². The van der Waals surface area contributed by atoms with Crippen LogP contribution in [0.4, 0.5) is 5.69 Å². The van der Waals surface area contributed by atoms with Crippen molar-refractivity contribution in [2.75, 3.05) is 25.5 Å². The second kappa shape index (κ2) is 11.5. The summed E-state index contributed by atoms with van der Waals surface area (Å²) in [5.41, 5.74) is 1.57. The molecule has 1 N–H and O–H groups in total. The molecule has 2 amide bonds. The maximum absolute atomic E-state index is 12.9. The number of aromatic nitrogens is 1. The van der Waals surface area contributed by atoms with E-state index in [-0.39, 0.29) is 12.5 Å². The van der Waals surface area contributed by atoms with Crippen LogP contribution in [0.5, 0.6) is 11.5 Å². The fourth-order valence-corrected chi connectivity index (χ4v) is 3.47. The molecule has 3 aromatic rings. The molecule has 0 spiro atoms. The molecule has 0 radical (unpaired) electrons. The zero-order chi connectivity index (χ0) is 23.8. The zero-order valence-corrected chi connectivity index (χ0v) is 19.7. The number of hydrogen-bond acceptors (Lipinski definition) is 5. The van der Waals surface area contributed by atoms with Crippen molar-refractivity contribution in [3.8, 4) is 11.5 Å². The van der Waals surface area contributed by atoms with Crippen molar-refractivity contribution >= 4 is 40.7 Å². The standard InChI is InChI=1S/C24H23Cl2N3O4/c1-3-32-21-12-17(9-10-20(21)33-15-16-6-5-11-27-13-16)24(31)29(2)14-22(30)28-23-18(25)7-4-8-19(23)26/h4-13H,3,14-15H2,1-2H3,(H,28,30). The third-order valence-electron chi connectivity index (χ3n) is 4.56. The molecule has 172 valence electrons. The van der Waals surface area contributed by atoms with Crippen LogP contribution in [-0.4, -0.2) is 41.9 Å². The highest BCUT2D eigenvalue weighted by molar-refractivity contribution is 6.39. The van der Waals surface area contributed by atoms with E-state index in [4.69, 9.17) is 32.7 Å². The second-order valence-electron chi connectivity index (χ2n) is 7.05. The minimum Gasteiger partial charge on any atom is -0.490 e. The average molecular weight is 488 g/mol. The van der Waals surface area contributed by atoms with Crippen molar-refractivity contribution in [1.29, 1.82) is 0 Å². The lowest BCUT2D eigenvalue weighted by atomic mass is 10.1. The highest BCUT2D eigenvalue weighted by Crippen LogP contribution is 2.31. The molecule has 0 aliphatic heterocycles. The number of likely N-dealkylation sites (N-methyl/N-ethyl adjacent to an activating group) is 1. The number of ether oxygens (including phenoxy) is 2. The fourth-order valence-electron chi connectivity index (χ4n) is 2.98. The molecule has 0 bridgehead atoms. The summed E-state index contributed by atoms with van der Waals surface area (Å²) >= 11 is 12.2. The monoisotopic (exact) mass is 487 g/mol. The number of amides is 2. The first-order valence-corrected chi connectivity index (χ1v) is 10.9. The van der Waals surface area contributed by atoms with E-state index < -0.39 is 5.91 Å². The van der Waals surface area contributed by atoms with Crippen LogP contribution in [0.15, 0.2) is 60.9 Å². The SMILES string of the molecule is CCOc1cc(C(=O)N(C)CC(=O)Nc2c(Cl)cccc2Cl)ccc1OCc1cccnc1. The topological polar surface area (TPSA) is 80.8 Å². The molecule has 2 aromatic carbocycles. The van der Waals surface area contributed by atoms with Gasteiger partial charge in [0.2, 0.25) is 5.91 Å². The van der Waals surface area contributed by atoms with Crippen molar-refractivity contribution < 1.29 is 19.1 Å². The Bertz CT molecular complexity index is 1110. The van der Waals surface area contributed by atoms with Gasteiger partial charge in [0.25, 0.3) is 5.91 Å². The number of benzene rings is 2. The fraction of sp³-hybridized carbons (Fsp3) is 0.208. The molecule has 33 heavy (non-hydrogen) atoms. The Hall–Kier alpha value is -3.29. The van der Waals surface area contributed by atoms with Gasteiger partial charge in [-0.1, -0.05) is 35.3 Å². The van der Waals surface area contributed by atoms with Crippen LogP contribution < -0.4 is 14.8 Å². The van der Waals surface area contributed by atoms with Crippen molar-refractivity contribution in [2.45, 2.75) is 13.5 Å². The lowest BCUT2D eigenvalue weighted by Gasteiger charge is -2.19. The maximum Gasteiger partial charge on any atom is 0.254 e. The first kappa shape index (κ1) is 24.4. The van der Waals surface area contributed by atoms with Gasteiger partial charge in [0.05, 0.1) is 28.9 Å². The van der Waals surface area contributed by atoms with E-state index in [0.29, 0.717) is 46.0 Å². The number of carbonyl (C=O) groups is 2. The minimum atomic E-state index is -0.428. The van der Waals surface area contributed by atoms with Crippen molar-refractivity contribution in [3.63, 3.8) is 0 Å². The van der Waals surface area contributed by atoms with E-state index in [9.17, 15) is 9.59 Å². The molecule has 0 saturated heterocycles. The molecule has 0 aliphatic carbocycles. The molecule has 7 nitrogen and oxygen atoms in total. The highest BCUT2D eigenvalue weighted by atomic mass is 35.5. The van der Waals surface area contributed by atoms with Crippen LogP contribution in [-0.2, 0) is 11.4 Å². The van der Waals surface area contributed by atoms with Gasteiger partial charge in [-0.05, 0) is 43.3 Å². The zero-order valence-electron chi connectivity index (χ0n) is 18.2. The van der Waals surface area contributed by atoms with Gasteiger partial charge in [0.1, 0.15) is 6.61 Å². The molecule has 1 heterocycles. The van der Waals surface area contributed by atoms with Gasteiger partial charge >= 0.3 is 0 Å². The Morgan fingerprint density at radius 3 is 2.45 bits per heavy atom. The number of hydrogen-bond donors (Lipinski definition) is 1. The van der Waals surface area contributed by atoms with Crippen molar-refractivity contribution in [2.24, 2.45) is 0 Å². The van der Waals surface area contributed by atoms with Gasteiger partial charge in [-0.15, -0.1) is 0 Å². The third kappa shape index (κ3) is 6.60. The quantitative estimate of drug-likeness (QED) is 0.455. The van der Waals surface area contributed by atoms with Gasteiger partial charge < -0.3 is 19.7 Å². The summed E-state index contributed by atoms with van der Waals surface area (Å²) in [7, 11) is 1.53. The highest BCUT2D eigenvalue weighted by Gasteiger charge is 2.19. The minimum absolute atomic E-state index is 0.191. The van der Waals surface area contributed by atoms with Crippen molar-refractivity contribution in [3.05, 3.63) is 82.1 Å². The second-order valence-corrected chi connectivity index (χ2v) is 7.86. The van der Waals surface area contributed by atoms with Crippen LogP contribution in [0.1, 0.15) is 22.8 Å². The molecule has 9 heteroatoms. The summed E-state index contributed by atoms with van der Waals surface area (Å²) in [6.45, 7) is 2.36. The predicted molar refractivity (Wildman–Crippen MR) is 128 cm³/mol. The number of nitrogens with one attached hydrogen (secondary N) is 1. The van der Waals surface area contributed by atoms with E-state index in [2.05, 4.69) is 10.3 Å². The Labute approximate surface area is 202 Å². The number of halogens is 2. The molecule has 0 fully saturated rings. The lowest BCUT2D eigenvalue weighted by Crippen LogP contribution is -2.35. The number of carbonyl (C=O) groups excluding carboxylic acids is 2. The average Bonchev–Trinajstić information content (AvgIpc) is 2.81. The molecule has 3 rings (SSSR count). The Morgan fingerprint density at radius 2 is 1.79 bits per heavy atom. The van der Waals surface area contributed by atoms with Gasteiger partial charge in [0, 0.05) is 30.6 Å². The summed E-state index contributed by atoms with van der Waals surface area (Å²) in [5.74, 6) is 0.163. The number of para-hydroxylation sites is 1. The van der Waals surface area contributed by atoms with E-state index in [1.54, 1.807) is 48.8 Å². The molecule has 0 saturated carbocycles. The molecule has 0 atom stereocenters. The predicted octanol–water partition coefficient (Wildman–Crippen LogP) is 5.08. The number of nitrogens with zero attached hydrogens (tertiary/aromatic N) is 2. The number of pyridine rings is 1. The first-order valence-electron chi connectivity index (χ1n) is 10.2. The largest absolute Gasteiger partial charge is 0.490 e. The summed E-state index contributed by atoms with van der Waals surface area (Å²) in [5, 5.41) is 3.27. The van der Waals surface area contributed by atoms with Crippen LogP contribution in [0.3, 0.4) is 0 Å². The molecular formula is C24H23Cl2N3O4. The Morgan fingerprint density at radius 1 is 1.03 bits per heavy atom. The molecular weight excluding hydrogens is 465 g/mol. The van der Waals surface area contributed by atoms with Crippen LogP contribution in [0.2, 0.25) is 10.0 Å². The summed E-state index contributed by atoms with van der Waals surface area (Å²) in [4.78, 5) is 30.7. The smallest absolute Gasteiger partial charge is 0.254 e. The molecule has 1 aromatic heterocycles. The van der Waals surface area contributed by atoms with Gasteiger partial charge in [0.15, 0.2) is 11.5 Å². The Kier molecular flexibility index (Phi) is 8.52. The van der Waals surface area contributed by atoms with Gasteiger partial charge in [-0.3, -0.25) is 14.6 Å². The van der Waals surface area contributed by atoms with Crippen LogP contribution >= 0.6 is 23.2 Å². The van der Waals surface area contributed by atoms with Gasteiger partial charge in [-0.2, -0.15) is 0 Å². The third-order valence-corrected chi connectivity index (χ3v) is 5.19. The molecule has 0 aliphatic rings. The number of anilines is 1. The van der Waals surface area contributed by atoms with Crippen molar-refractivity contribution in [1.82, 2.24) is 9.88 Å². The van der Waals surface area contributed by atoms with Crippen LogP contribution in [0, 0.1) is 0 Å². The van der Waals surface area contributed by atoms with E-state index in [0.717, 1.165) is 5.56 Å². The Balaban J connectivity index is 1.67. The maximum atomic E-state index is 12.9. The first-order chi connectivity index (χ1) is 15.9.